The van der Waals surface area contributed by atoms with Gasteiger partial charge in [-0.2, -0.15) is 0 Å². The maximum Gasteiger partial charge on any atom is 0.408 e. The van der Waals surface area contributed by atoms with Gasteiger partial charge in [-0.05, 0) is 60.1 Å². The van der Waals surface area contributed by atoms with Crippen molar-refractivity contribution in [3.8, 4) is 0 Å². The minimum atomic E-state index is -1.33. The molecule has 2 heterocycles. The van der Waals surface area contributed by atoms with Crippen molar-refractivity contribution in [3.63, 3.8) is 0 Å². The zero-order valence-electron chi connectivity index (χ0n) is 31.1. The highest BCUT2D eigenvalue weighted by Crippen LogP contribution is 2.16. The fourth-order valence-electron chi connectivity index (χ4n) is 5.73. The van der Waals surface area contributed by atoms with Crippen molar-refractivity contribution in [1.29, 1.82) is 0 Å². The Bertz CT molecular complexity index is 1620. The van der Waals surface area contributed by atoms with E-state index in [2.05, 4.69) is 31.2 Å². The van der Waals surface area contributed by atoms with Gasteiger partial charge in [0.05, 0.1) is 29.6 Å². The quantitative estimate of drug-likeness (QED) is 0.0983. The van der Waals surface area contributed by atoms with Crippen LogP contribution in [0.3, 0.4) is 0 Å². The molecule has 0 spiro atoms. The number of rotatable bonds is 18. The summed E-state index contributed by atoms with van der Waals surface area (Å²) in [5.41, 5.74) is 2.75. The molecule has 4 amide bonds. The summed E-state index contributed by atoms with van der Waals surface area (Å²) in [6.45, 7) is 6.97. The highest BCUT2D eigenvalue weighted by Gasteiger charge is 2.36. The Labute approximate surface area is 316 Å². The molecule has 0 unspecified atom stereocenters. The van der Waals surface area contributed by atoms with E-state index in [4.69, 9.17) is 9.47 Å². The van der Waals surface area contributed by atoms with Crippen molar-refractivity contribution >= 4 is 24.0 Å². The van der Waals surface area contributed by atoms with E-state index in [-0.39, 0.29) is 37.9 Å². The topological polar surface area (TPSA) is 181 Å². The minimum Gasteiger partial charge on any atom is -0.443 e. The third-order valence-corrected chi connectivity index (χ3v) is 8.68. The molecule has 2 aromatic heterocycles. The number of aliphatic hydroxyl groups is 1. The van der Waals surface area contributed by atoms with Crippen LogP contribution in [0.4, 0.5) is 9.59 Å². The van der Waals surface area contributed by atoms with Crippen LogP contribution in [-0.4, -0.2) is 69.3 Å². The van der Waals surface area contributed by atoms with E-state index in [1.165, 1.54) is 0 Å². The van der Waals surface area contributed by atoms with Gasteiger partial charge in [0.2, 0.25) is 11.8 Å². The fourth-order valence-corrected chi connectivity index (χ4v) is 5.73. The summed E-state index contributed by atoms with van der Waals surface area (Å²) < 4.78 is 10.7. The molecule has 0 aliphatic carbocycles. The Hall–Kier alpha value is -5.82. The first-order valence-corrected chi connectivity index (χ1v) is 18.0. The van der Waals surface area contributed by atoms with E-state index in [0.29, 0.717) is 11.4 Å². The molecule has 0 fully saturated rings. The molecule has 4 atom stereocenters. The first kappa shape index (κ1) is 40.9. The SMILES string of the molecule is CC(C)[C@H](NC(=O)OCc1ccccn1)C(=O)N[C@@H](Cc1ccccc1)C(O)[C@H](Cc1ccccc1)NC(=O)[C@@H](NC(=O)OCc1ccccn1)C(C)C. The molecule has 0 saturated heterocycles. The highest BCUT2D eigenvalue weighted by atomic mass is 16.6. The number of amides is 4. The summed E-state index contributed by atoms with van der Waals surface area (Å²) in [4.78, 5) is 61.8. The van der Waals surface area contributed by atoms with Crippen LogP contribution in [0.1, 0.15) is 50.2 Å². The largest absolute Gasteiger partial charge is 0.443 e. The standard InChI is InChI=1S/C41H50N6O7/c1-27(2)35(46-40(51)53-25-31-19-11-13-21-42-31)38(49)44-33(23-29-15-7-5-8-16-29)37(48)34(24-30-17-9-6-10-18-30)45-39(50)36(28(3)4)47-41(52)54-26-32-20-12-14-22-43-32/h5-22,27-28,33-37,48H,23-26H2,1-4H3,(H,44,49)(H,45,50)(H,46,51)(H,47,52)/t33-,34-,35-,36-/m0/s1. The zero-order valence-corrected chi connectivity index (χ0v) is 31.1. The van der Waals surface area contributed by atoms with Crippen LogP contribution < -0.4 is 21.3 Å². The summed E-state index contributed by atoms with van der Waals surface area (Å²) in [5.74, 6) is -1.78. The number of pyridine rings is 2. The van der Waals surface area contributed by atoms with Gasteiger partial charge in [0.25, 0.3) is 0 Å². The lowest BCUT2D eigenvalue weighted by molar-refractivity contribution is -0.126. The van der Waals surface area contributed by atoms with Crippen molar-refractivity contribution in [3.05, 3.63) is 132 Å². The predicted octanol–water partition coefficient (Wildman–Crippen LogP) is 4.49. The number of ether oxygens (including phenoxy) is 2. The molecule has 5 N–H and O–H groups in total. The molecule has 0 aliphatic rings. The molecule has 4 rings (SSSR count). The van der Waals surface area contributed by atoms with E-state index in [9.17, 15) is 24.3 Å². The maximum absolute atomic E-state index is 13.9. The van der Waals surface area contributed by atoms with Crippen molar-refractivity contribution in [2.24, 2.45) is 11.8 Å². The van der Waals surface area contributed by atoms with E-state index in [1.807, 2.05) is 60.7 Å². The number of nitrogens with zero attached hydrogens (tertiary/aromatic N) is 2. The fraction of sp³-hybridized carbons (Fsp3) is 0.366. The molecule has 0 bridgehead atoms. The Morgan fingerprint density at radius 2 is 0.926 bits per heavy atom. The second-order valence-electron chi connectivity index (χ2n) is 13.6. The summed E-state index contributed by atoms with van der Waals surface area (Å²) in [5, 5.41) is 23.4. The number of aromatic nitrogens is 2. The molecule has 13 heteroatoms. The molecule has 4 aromatic rings. The summed E-state index contributed by atoms with van der Waals surface area (Å²) in [6, 6.07) is 25.3. The van der Waals surface area contributed by atoms with E-state index in [0.717, 1.165) is 11.1 Å². The van der Waals surface area contributed by atoms with Crippen molar-refractivity contribution in [1.82, 2.24) is 31.2 Å². The molecular formula is C41H50N6O7. The average molecular weight is 739 g/mol. The average Bonchev–Trinajstić information content (AvgIpc) is 3.17. The van der Waals surface area contributed by atoms with Crippen LogP contribution in [0.2, 0.25) is 0 Å². The first-order valence-electron chi connectivity index (χ1n) is 18.0. The molecule has 0 saturated carbocycles. The van der Waals surface area contributed by atoms with Crippen molar-refractivity contribution in [2.45, 2.75) is 84.0 Å². The van der Waals surface area contributed by atoms with Gasteiger partial charge >= 0.3 is 12.2 Å². The lowest BCUT2D eigenvalue weighted by atomic mass is 9.91. The summed E-state index contributed by atoms with van der Waals surface area (Å²) >= 11 is 0. The molecule has 13 nitrogen and oxygen atoms in total. The van der Waals surface area contributed by atoms with Crippen LogP contribution >= 0.6 is 0 Å². The highest BCUT2D eigenvalue weighted by molar-refractivity contribution is 5.87. The molecule has 0 aliphatic heterocycles. The second-order valence-corrected chi connectivity index (χ2v) is 13.6. The Kier molecular flexibility index (Phi) is 15.9. The van der Waals surface area contributed by atoms with Gasteiger partial charge in [0.15, 0.2) is 0 Å². The van der Waals surface area contributed by atoms with E-state index < -0.39 is 54.3 Å². The first-order chi connectivity index (χ1) is 26.0. The number of carbonyl (C=O) groups excluding carboxylic acids is 4. The Morgan fingerprint density at radius 1 is 0.556 bits per heavy atom. The lowest BCUT2D eigenvalue weighted by Gasteiger charge is -2.34. The van der Waals surface area contributed by atoms with Gasteiger partial charge < -0.3 is 35.8 Å². The van der Waals surface area contributed by atoms with Crippen LogP contribution in [0.15, 0.2) is 109 Å². The number of benzene rings is 2. The van der Waals surface area contributed by atoms with Crippen molar-refractivity contribution < 1.29 is 33.8 Å². The van der Waals surface area contributed by atoms with Crippen LogP contribution in [0.5, 0.6) is 0 Å². The molecule has 0 radical (unpaired) electrons. The summed E-state index contributed by atoms with van der Waals surface area (Å²) in [6.07, 6.45) is 0.664. The van der Waals surface area contributed by atoms with Crippen LogP contribution in [0, 0.1) is 11.8 Å². The maximum atomic E-state index is 13.9. The van der Waals surface area contributed by atoms with Gasteiger partial charge in [-0.25, -0.2) is 9.59 Å². The number of aliphatic hydroxyl groups excluding tert-OH is 1. The zero-order chi connectivity index (χ0) is 38.9. The lowest BCUT2D eigenvalue weighted by Crippen LogP contribution is -2.61. The van der Waals surface area contributed by atoms with Crippen LogP contribution in [-0.2, 0) is 45.1 Å². The number of hydrogen-bond donors (Lipinski definition) is 5. The third-order valence-electron chi connectivity index (χ3n) is 8.68. The predicted molar refractivity (Wildman–Crippen MR) is 203 cm³/mol. The van der Waals surface area contributed by atoms with Crippen LogP contribution in [0.25, 0.3) is 0 Å². The number of alkyl carbamates (subject to hydrolysis) is 2. The number of carbonyl (C=O) groups is 4. The normalized spacial score (nSPS) is 13.3. The van der Waals surface area contributed by atoms with E-state index >= 15 is 0 Å². The van der Waals surface area contributed by atoms with Crippen molar-refractivity contribution in [2.75, 3.05) is 0 Å². The molecular weight excluding hydrogens is 688 g/mol. The van der Waals surface area contributed by atoms with E-state index in [1.54, 1.807) is 76.5 Å². The Morgan fingerprint density at radius 3 is 1.26 bits per heavy atom. The monoisotopic (exact) mass is 738 g/mol. The van der Waals surface area contributed by atoms with Gasteiger partial charge in [-0.3, -0.25) is 19.6 Å². The molecule has 2 aromatic carbocycles. The second kappa shape index (κ2) is 21.0. The van der Waals surface area contributed by atoms with Gasteiger partial charge in [-0.1, -0.05) is 100 Å². The number of nitrogens with one attached hydrogen (secondary N) is 4. The molecule has 54 heavy (non-hydrogen) atoms. The Balaban J connectivity index is 1.54. The van der Waals surface area contributed by atoms with Gasteiger partial charge in [0.1, 0.15) is 25.3 Å². The number of hydrogen-bond acceptors (Lipinski definition) is 9. The molecule has 286 valence electrons. The van der Waals surface area contributed by atoms with Gasteiger partial charge in [-0.15, -0.1) is 0 Å². The minimum absolute atomic E-state index is 0.0799. The summed E-state index contributed by atoms with van der Waals surface area (Å²) in [7, 11) is 0. The van der Waals surface area contributed by atoms with Gasteiger partial charge in [0, 0.05) is 12.4 Å². The third kappa shape index (κ3) is 13.3. The smallest absolute Gasteiger partial charge is 0.408 e.